The molecule has 0 saturated heterocycles. The molecule has 3 rings (SSSR count). The summed E-state index contributed by atoms with van der Waals surface area (Å²) in [6.45, 7) is 4.99. The van der Waals surface area contributed by atoms with E-state index in [4.69, 9.17) is 4.74 Å². The highest BCUT2D eigenvalue weighted by Crippen LogP contribution is 2.16. The number of hydrogen-bond donors (Lipinski definition) is 2. The Balaban J connectivity index is 1.58. The zero-order valence-electron chi connectivity index (χ0n) is 17.0. The summed E-state index contributed by atoms with van der Waals surface area (Å²) in [6.07, 6.45) is 1.75. The van der Waals surface area contributed by atoms with E-state index in [-0.39, 0.29) is 11.8 Å². The van der Waals surface area contributed by atoms with Crippen molar-refractivity contribution in [1.82, 2.24) is 15.5 Å². The molecule has 30 heavy (non-hydrogen) atoms. The van der Waals surface area contributed by atoms with Gasteiger partial charge < -0.3 is 15.4 Å². The fourth-order valence-corrected chi connectivity index (χ4v) is 3.57. The van der Waals surface area contributed by atoms with E-state index in [1.165, 1.54) is 11.3 Å². The van der Waals surface area contributed by atoms with Gasteiger partial charge in [-0.15, -0.1) is 10.2 Å². The number of aryl methyl sites for hydroxylation is 1. The van der Waals surface area contributed by atoms with Gasteiger partial charge in [0.05, 0.1) is 6.61 Å². The number of amides is 2. The van der Waals surface area contributed by atoms with Crippen LogP contribution in [0.4, 0.5) is 5.69 Å². The minimum Gasteiger partial charge on any atom is -0.494 e. The lowest BCUT2D eigenvalue weighted by atomic mass is 10.1. The Labute approximate surface area is 179 Å². The number of nitrogens with one attached hydrogen (secondary N) is 2. The van der Waals surface area contributed by atoms with Gasteiger partial charge in [-0.2, -0.15) is 0 Å². The maximum absolute atomic E-state index is 12.5. The Kier molecular flexibility index (Phi) is 7.51. The molecule has 1 aromatic heterocycles. The molecule has 0 fully saturated rings. The summed E-state index contributed by atoms with van der Waals surface area (Å²) in [5.41, 5.74) is 1.96. The predicted octanol–water partition coefficient (Wildman–Crippen LogP) is 4.07. The average Bonchev–Trinajstić information content (AvgIpc) is 3.23. The standard InChI is InChI=1S/C22H24N4O3S/c1-3-6-19-25-26-22(30-19)21(28)24-17-8-5-7-16(13-17)20(27)23-14-15-9-11-18(12-10-15)29-4-2/h5,7-13H,3-4,6,14H2,1-2H3,(H,23,27)(H,24,28). The molecule has 7 nitrogen and oxygen atoms in total. The molecule has 0 atom stereocenters. The summed E-state index contributed by atoms with van der Waals surface area (Å²) in [7, 11) is 0. The molecule has 0 radical (unpaired) electrons. The number of ether oxygens (including phenoxy) is 1. The summed E-state index contributed by atoms with van der Waals surface area (Å²) in [5.74, 6) is 0.246. The van der Waals surface area contributed by atoms with E-state index >= 15 is 0 Å². The van der Waals surface area contributed by atoms with E-state index in [2.05, 4.69) is 20.8 Å². The van der Waals surface area contributed by atoms with Crippen molar-refractivity contribution in [2.75, 3.05) is 11.9 Å². The summed E-state index contributed by atoms with van der Waals surface area (Å²) < 4.78 is 5.42. The minimum atomic E-state index is -0.332. The molecule has 0 saturated carbocycles. The van der Waals surface area contributed by atoms with Crippen molar-refractivity contribution < 1.29 is 14.3 Å². The third-order valence-electron chi connectivity index (χ3n) is 4.20. The topological polar surface area (TPSA) is 93.2 Å². The van der Waals surface area contributed by atoms with Gasteiger partial charge >= 0.3 is 0 Å². The second-order valence-corrected chi connectivity index (χ2v) is 7.61. The predicted molar refractivity (Wildman–Crippen MR) is 117 cm³/mol. The zero-order chi connectivity index (χ0) is 21.3. The number of rotatable bonds is 9. The van der Waals surface area contributed by atoms with Crippen molar-refractivity contribution in [3.05, 3.63) is 69.7 Å². The molecule has 3 aromatic rings. The second-order valence-electron chi connectivity index (χ2n) is 6.55. The molecule has 2 amide bonds. The van der Waals surface area contributed by atoms with Crippen LogP contribution in [0, 0.1) is 0 Å². The first-order valence-corrected chi connectivity index (χ1v) is 10.6. The highest BCUT2D eigenvalue weighted by Gasteiger charge is 2.14. The number of hydrogen-bond acceptors (Lipinski definition) is 6. The first kappa shape index (κ1) is 21.4. The van der Waals surface area contributed by atoms with Crippen molar-refractivity contribution in [2.45, 2.75) is 33.2 Å². The monoisotopic (exact) mass is 424 g/mol. The van der Waals surface area contributed by atoms with Crippen LogP contribution in [0.1, 0.15) is 51.0 Å². The van der Waals surface area contributed by atoms with Gasteiger partial charge in [-0.05, 0) is 49.2 Å². The van der Waals surface area contributed by atoms with Crippen molar-refractivity contribution in [1.29, 1.82) is 0 Å². The van der Waals surface area contributed by atoms with Crippen LogP contribution in [0.25, 0.3) is 0 Å². The van der Waals surface area contributed by atoms with E-state index < -0.39 is 0 Å². The van der Waals surface area contributed by atoms with Gasteiger partial charge in [-0.25, -0.2) is 0 Å². The Morgan fingerprint density at radius 2 is 1.83 bits per heavy atom. The van der Waals surface area contributed by atoms with Crippen molar-refractivity contribution in [3.8, 4) is 5.75 Å². The number of nitrogens with zero attached hydrogens (tertiary/aromatic N) is 2. The van der Waals surface area contributed by atoms with Gasteiger partial charge in [-0.3, -0.25) is 9.59 Å². The van der Waals surface area contributed by atoms with Crippen LogP contribution in [0.3, 0.4) is 0 Å². The van der Waals surface area contributed by atoms with Crippen LogP contribution in [0.2, 0.25) is 0 Å². The molecule has 0 spiro atoms. The Morgan fingerprint density at radius 3 is 2.57 bits per heavy atom. The molecular weight excluding hydrogens is 400 g/mol. The second kappa shape index (κ2) is 10.5. The van der Waals surface area contributed by atoms with Crippen molar-refractivity contribution in [3.63, 3.8) is 0 Å². The SMILES string of the molecule is CCCc1nnc(C(=O)Nc2cccc(C(=O)NCc3ccc(OCC)cc3)c2)s1. The highest BCUT2D eigenvalue weighted by atomic mass is 32.1. The normalized spacial score (nSPS) is 10.5. The summed E-state index contributed by atoms with van der Waals surface area (Å²) in [6, 6.07) is 14.4. The average molecular weight is 425 g/mol. The van der Waals surface area contributed by atoms with E-state index in [0.29, 0.717) is 29.4 Å². The number of aromatic nitrogens is 2. The number of carbonyl (C=O) groups excluding carboxylic acids is 2. The van der Waals surface area contributed by atoms with Crippen molar-refractivity contribution in [2.24, 2.45) is 0 Å². The van der Waals surface area contributed by atoms with Crippen LogP contribution in [-0.2, 0) is 13.0 Å². The third-order valence-corrected chi connectivity index (χ3v) is 5.18. The lowest BCUT2D eigenvalue weighted by Crippen LogP contribution is -2.23. The quantitative estimate of drug-likeness (QED) is 0.540. The van der Waals surface area contributed by atoms with E-state index in [1.807, 2.05) is 38.1 Å². The molecule has 0 aliphatic rings. The van der Waals surface area contributed by atoms with Gasteiger partial charge in [0.25, 0.3) is 11.8 Å². The summed E-state index contributed by atoms with van der Waals surface area (Å²) >= 11 is 1.28. The Bertz CT molecular complexity index is 1000. The molecule has 0 unspecified atom stereocenters. The summed E-state index contributed by atoms with van der Waals surface area (Å²) in [5, 5.41) is 14.8. The van der Waals surface area contributed by atoms with Gasteiger partial charge in [0.15, 0.2) is 0 Å². The fraction of sp³-hybridized carbons (Fsp3) is 0.273. The van der Waals surface area contributed by atoms with Gasteiger partial charge in [0, 0.05) is 24.2 Å². The summed E-state index contributed by atoms with van der Waals surface area (Å²) in [4.78, 5) is 24.9. The maximum atomic E-state index is 12.5. The Hall–Kier alpha value is -3.26. The highest BCUT2D eigenvalue weighted by molar-refractivity contribution is 7.13. The van der Waals surface area contributed by atoms with Gasteiger partial charge in [-0.1, -0.05) is 36.5 Å². The lowest BCUT2D eigenvalue weighted by Gasteiger charge is -2.09. The molecule has 2 aromatic carbocycles. The van der Waals surface area contributed by atoms with Crippen molar-refractivity contribution >= 4 is 28.8 Å². The minimum absolute atomic E-state index is 0.221. The number of benzene rings is 2. The van der Waals surface area contributed by atoms with Gasteiger partial charge in [0.2, 0.25) is 5.01 Å². The van der Waals surface area contributed by atoms with Crippen LogP contribution in [0.5, 0.6) is 5.75 Å². The maximum Gasteiger partial charge on any atom is 0.286 e. The molecule has 1 heterocycles. The number of anilines is 1. The molecule has 0 aliphatic heterocycles. The molecule has 0 aliphatic carbocycles. The van der Waals surface area contributed by atoms with E-state index in [0.717, 1.165) is 29.2 Å². The molecule has 0 bridgehead atoms. The van der Waals surface area contributed by atoms with Crippen LogP contribution in [0.15, 0.2) is 48.5 Å². The first-order chi connectivity index (χ1) is 14.6. The number of carbonyl (C=O) groups is 2. The van der Waals surface area contributed by atoms with E-state index in [9.17, 15) is 9.59 Å². The lowest BCUT2D eigenvalue weighted by molar-refractivity contribution is 0.0949. The molecular formula is C22H24N4O3S. The van der Waals surface area contributed by atoms with Crippen LogP contribution in [-0.4, -0.2) is 28.6 Å². The smallest absolute Gasteiger partial charge is 0.286 e. The molecule has 2 N–H and O–H groups in total. The largest absolute Gasteiger partial charge is 0.494 e. The fourth-order valence-electron chi connectivity index (χ4n) is 2.74. The Morgan fingerprint density at radius 1 is 1.03 bits per heavy atom. The molecule has 156 valence electrons. The van der Waals surface area contributed by atoms with E-state index in [1.54, 1.807) is 24.3 Å². The molecule has 8 heteroatoms. The van der Waals surface area contributed by atoms with Gasteiger partial charge in [0.1, 0.15) is 10.8 Å². The first-order valence-electron chi connectivity index (χ1n) is 9.82. The zero-order valence-corrected chi connectivity index (χ0v) is 17.8. The van der Waals surface area contributed by atoms with Crippen LogP contribution < -0.4 is 15.4 Å². The van der Waals surface area contributed by atoms with Crippen LogP contribution >= 0.6 is 11.3 Å². The third kappa shape index (κ3) is 5.87.